The quantitative estimate of drug-likeness (QED) is 0.255. The van der Waals surface area contributed by atoms with Gasteiger partial charge in [-0.3, -0.25) is 9.59 Å². The number of rotatable bonds is 12. The molecule has 9 heteroatoms. The van der Waals surface area contributed by atoms with Crippen LogP contribution >= 0.6 is 11.6 Å². The van der Waals surface area contributed by atoms with E-state index in [9.17, 15) is 9.59 Å². The number of benzene rings is 3. The second-order valence-electron chi connectivity index (χ2n) is 7.53. The van der Waals surface area contributed by atoms with Gasteiger partial charge in [-0.15, -0.1) is 0 Å². The fourth-order valence-corrected chi connectivity index (χ4v) is 3.30. The summed E-state index contributed by atoms with van der Waals surface area (Å²) in [5.41, 5.74) is 4.19. The number of anilines is 1. The first kappa shape index (κ1) is 26.6. The van der Waals surface area contributed by atoms with E-state index in [0.717, 1.165) is 6.42 Å². The third-order valence-electron chi connectivity index (χ3n) is 4.72. The van der Waals surface area contributed by atoms with Gasteiger partial charge in [-0.1, -0.05) is 36.7 Å². The summed E-state index contributed by atoms with van der Waals surface area (Å²) in [6.45, 7) is 4.69. The first-order valence-corrected chi connectivity index (χ1v) is 11.9. The van der Waals surface area contributed by atoms with Crippen LogP contribution in [0, 0.1) is 0 Å². The Bertz CT molecular complexity index is 1200. The Morgan fingerprint density at radius 3 is 2.42 bits per heavy atom. The molecule has 8 nitrogen and oxygen atoms in total. The van der Waals surface area contributed by atoms with E-state index in [-0.39, 0.29) is 12.5 Å². The molecule has 0 bridgehead atoms. The van der Waals surface area contributed by atoms with Gasteiger partial charge >= 0.3 is 0 Å². The average molecular weight is 510 g/mol. The molecule has 0 heterocycles. The Morgan fingerprint density at radius 1 is 0.917 bits per heavy atom. The molecule has 188 valence electrons. The third kappa shape index (κ3) is 8.02. The predicted molar refractivity (Wildman–Crippen MR) is 140 cm³/mol. The van der Waals surface area contributed by atoms with Crippen molar-refractivity contribution in [3.63, 3.8) is 0 Å². The normalized spacial score (nSPS) is 10.6. The van der Waals surface area contributed by atoms with E-state index in [1.165, 1.54) is 6.21 Å². The first-order chi connectivity index (χ1) is 17.5. The zero-order chi connectivity index (χ0) is 25.8. The molecule has 0 aliphatic rings. The van der Waals surface area contributed by atoms with E-state index in [1.807, 2.05) is 32.0 Å². The molecule has 3 rings (SSSR count). The molecule has 2 amide bonds. The van der Waals surface area contributed by atoms with E-state index < -0.39 is 5.91 Å². The summed E-state index contributed by atoms with van der Waals surface area (Å²) in [6, 6.07) is 19.0. The number of ether oxygens (including phenoxy) is 3. The molecule has 0 aliphatic heterocycles. The number of amides is 2. The summed E-state index contributed by atoms with van der Waals surface area (Å²) < 4.78 is 16.8. The molecular formula is C27H28ClN3O5. The van der Waals surface area contributed by atoms with Gasteiger partial charge in [0.2, 0.25) is 0 Å². The zero-order valence-electron chi connectivity index (χ0n) is 20.1. The van der Waals surface area contributed by atoms with Crippen LogP contribution in [0.15, 0.2) is 71.8 Å². The van der Waals surface area contributed by atoms with Crippen LogP contribution in [0.1, 0.15) is 36.2 Å². The number of hydrazone groups is 1. The molecule has 0 saturated carbocycles. The lowest BCUT2D eigenvalue weighted by atomic mass is 10.2. The van der Waals surface area contributed by atoms with Gasteiger partial charge in [0.15, 0.2) is 18.1 Å². The van der Waals surface area contributed by atoms with Gasteiger partial charge in [-0.25, -0.2) is 5.43 Å². The molecule has 36 heavy (non-hydrogen) atoms. The van der Waals surface area contributed by atoms with Crippen molar-refractivity contribution in [2.24, 2.45) is 5.10 Å². The molecule has 0 unspecified atom stereocenters. The summed E-state index contributed by atoms with van der Waals surface area (Å²) >= 11 is 6.28. The fourth-order valence-electron chi connectivity index (χ4n) is 3.06. The Morgan fingerprint density at radius 2 is 1.69 bits per heavy atom. The molecule has 0 radical (unpaired) electrons. The van der Waals surface area contributed by atoms with Crippen LogP contribution < -0.4 is 25.0 Å². The Balaban J connectivity index is 1.54. The molecule has 3 aromatic rings. The summed E-state index contributed by atoms with van der Waals surface area (Å²) in [4.78, 5) is 24.6. The van der Waals surface area contributed by atoms with Gasteiger partial charge in [0, 0.05) is 11.3 Å². The maximum absolute atomic E-state index is 12.5. The molecule has 0 aromatic heterocycles. The van der Waals surface area contributed by atoms with Gasteiger partial charge in [0.25, 0.3) is 11.8 Å². The largest absolute Gasteiger partial charge is 0.490 e. The van der Waals surface area contributed by atoms with Crippen LogP contribution in [-0.2, 0) is 4.79 Å². The van der Waals surface area contributed by atoms with E-state index in [2.05, 4.69) is 15.8 Å². The maximum Gasteiger partial charge on any atom is 0.271 e. The number of para-hydroxylation sites is 1. The molecular weight excluding hydrogens is 482 g/mol. The highest BCUT2D eigenvalue weighted by Gasteiger charge is 2.12. The van der Waals surface area contributed by atoms with E-state index >= 15 is 0 Å². The minimum absolute atomic E-state index is 0.190. The lowest BCUT2D eigenvalue weighted by Gasteiger charge is -2.12. The molecule has 0 atom stereocenters. The molecule has 2 N–H and O–H groups in total. The molecule has 0 saturated heterocycles. The van der Waals surface area contributed by atoms with Gasteiger partial charge in [-0.2, -0.15) is 5.10 Å². The summed E-state index contributed by atoms with van der Waals surface area (Å²) in [7, 11) is 0. The van der Waals surface area contributed by atoms with Crippen LogP contribution in [0.2, 0.25) is 5.02 Å². The lowest BCUT2D eigenvalue weighted by Crippen LogP contribution is -2.20. The number of nitrogens with one attached hydrogen (secondary N) is 2. The Labute approximate surface area is 215 Å². The topological polar surface area (TPSA) is 98.3 Å². The van der Waals surface area contributed by atoms with E-state index in [0.29, 0.717) is 52.3 Å². The minimum Gasteiger partial charge on any atom is -0.490 e. The van der Waals surface area contributed by atoms with Crippen LogP contribution in [0.3, 0.4) is 0 Å². The van der Waals surface area contributed by atoms with E-state index in [1.54, 1.807) is 48.5 Å². The van der Waals surface area contributed by atoms with Crippen LogP contribution in [-0.4, -0.2) is 37.8 Å². The van der Waals surface area contributed by atoms with Crippen molar-refractivity contribution >= 4 is 35.3 Å². The Kier molecular flexibility index (Phi) is 10.1. The SMILES string of the molecule is CCCOc1ccc(C(=O)N/N=C/c2ccc(OCC(=O)Nc3ccccc3)c(Cl)c2)cc1OCC. The number of halogens is 1. The van der Waals surface area contributed by atoms with Gasteiger partial charge in [0.05, 0.1) is 24.5 Å². The van der Waals surface area contributed by atoms with Crippen molar-refractivity contribution in [2.45, 2.75) is 20.3 Å². The second-order valence-corrected chi connectivity index (χ2v) is 7.94. The summed E-state index contributed by atoms with van der Waals surface area (Å²) in [6.07, 6.45) is 2.32. The molecule has 0 spiro atoms. The predicted octanol–water partition coefficient (Wildman–Crippen LogP) is 5.31. The number of hydrogen-bond donors (Lipinski definition) is 2. The third-order valence-corrected chi connectivity index (χ3v) is 5.01. The van der Waals surface area contributed by atoms with Crippen molar-refractivity contribution in [2.75, 3.05) is 25.1 Å². The number of hydrogen-bond acceptors (Lipinski definition) is 6. The van der Waals surface area contributed by atoms with Crippen LogP contribution in [0.5, 0.6) is 17.2 Å². The smallest absolute Gasteiger partial charge is 0.271 e. The van der Waals surface area contributed by atoms with Gasteiger partial charge < -0.3 is 19.5 Å². The second kappa shape index (κ2) is 13.7. The fraction of sp³-hybridized carbons (Fsp3) is 0.222. The minimum atomic E-state index is -0.398. The van der Waals surface area contributed by atoms with Crippen molar-refractivity contribution in [3.05, 3.63) is 82.9 Å². The maximum atomic E-state index is 12.5. The highest BCUT2D eigenvalue weighted by Crippen LogP contribution is 2.29. The van der Waals surface area contributed by atoms with E-state index in [4.69, 9.17) is 25.8 Å². The average Bonchev–Trinajstić information content (AvgIpc) is 2.88. The van der Waals surface area contributed by atoms with Gasteiger partial charge in [0.1, 0.15) is 5.75 Å². The van der Waals surface area contributed by atoms with Gasteiger partial charge in [-0.05, 0) is 67.4 Å². The molecule has 0 fully saturated rings. The highest BCUT2D eigenvalue weighted by atomic mass is 35.5. The lowest BCUT2D eigenvalue weighted by molar-refractivity contribution is -0.118. The first-order valence-electron chi connectivity index (χ1n) is 11.5. The number of carbonyl (C=O) groups is 2. The highest BCUT2D eigenvalue weighted by molar-refractivity contribution is 6.32. The zero-order valence-corrected chi connectivity index (χ0v) is 20.9. The Hall–Kier alpha value is -4.04. The summed E-state index contributed by atoms with van der Waals surface area (Å²) in [5, 5.41) is 7.04. The monoisotopic (exact) mass is 509 g/mol. The number of carbonyl (C=O) groups excluding carboxylic acids is 2. The van der Waals surface area contributed by atoms with Crippen LogP contribution in [0.4, 0.5) is 5.69 Å². The van der Waals surface area contributed by atoms with Crippen molar-refractivity contribution in [1.29, 1.82) is 0 Å². The van der Waals surface area contributed by atoms with Crippen molar-refractivity contribution < 1.29 is 23.8 Å². The van der Waals surface area contributed by atoms with Crippen molar-refractivity contribution in [1.82, 2.24) is 5.43 Å². The van der Waals surface area contributed by atoms with Crippen molar-refractivity contribution in [3.8, 4) is 17.2 Å². The standard InChI is InChI=1S/C27H28ClN3O5/c1-3-14-35-24-13-11-20(16-25(24)34-4-2)27(33)31-29-17-19-10-12-23(22(28)15-19)36-18-26(32)30-21-8-6-5-7-9-21/h5-13,15-17H,3-4,14,18H2,1-2H3,(H,30,32)(H,31,33)/b29-17+. The molecule has 0 aliphatic carbocycles. The van der Waals surface area contributed by atoms with Crippen LogP contribution in [0.25, 0.3) is 0 Å². The molecule has 3 aromatic carbocycles. The summed E-state index contributed by atoms with van der Waals surface area (Å²) in [5.74, 6) is 0.748. The number of nitrogens with zero attached hydrogens (tertiary/aromatic N) is 1.